The first-order valence-corrected chi connectivity index (χ1v) is 12.9. The second-order valence-corrected chi connectivity index (χ2v) is 16.1. The van der Waals surface area contributed by atoms with Crippen molar-refractivity contribution in [3.05, 3.63) is 0 Å². The summed E-state index contributed by atoms with van der Waals surface area (Å²) in [5, 5.41) is 9.26. The standard InChI is InChI=1S/C12H27NO2Si2/c1-12(2,10-14-16(3,4)5)11(9-13)15-17(6,7)8/h11H,10H2,1-8H3. The SMILES string of the molecule is CC(C)(CO[Si](C)(C)C)C(C#N)O[Si](C)(C)C. The molecule has 0 saturated carbocycles. The lowest BCUT2D eigenvalue weighted by Crippen LogP contribution is -2.44. The van der Waals surface area contributed by atoms with E-state index in [-0.39, 0.29) is 11.5 Å². The van der Waals surface area contributed by atoms with Crippen molar-refractivity contribution < 1.29 is 8.85 Å². The lowest BCUT2D eigenvalue weighted by molar-refractivity contribution is 0.0608. The van der Waals surface area contributed by atoms with E-state index in [1.807, 2.05) is 13.8 Å². The molecule has 0 N–H and O–H groups in total. The summed E-state index contributed by atoms with van der Waals surface area (Å²) < 4.78 is 11.8. The van der Waals surface area contributed by atoms with Crippen LogP contribution in [0, 0.1) is 16.7 Å². The summed E-state index contributed by atoms with van der Waals surface area (Å²) >= 11 is 0. The van der Waals surface area contributed by atoms with E-state index < -0.39 is 16.6 Å². The van der Waals surface area contributed by atoms with Gasteiger partial charge in [-0.1, -0.05) is 13.8 Å². The maximum Gasteiger partial charge on any atom is 0.185 e. The summed E-state index contributed by atoms with van der Waals surface area (Å²) in [6.45, 7) is 17.5. The molecule has 0 aromatic carbocycles. The van der Waals surface area contributed by atoms with Crippen molar-refractivity contribution in [2.24, 2.45) is 5.41 Å². The molecule has 0 rings (SSSR count). The predicted octanol–water partition coefficient (Wildman–Crippen LogP) is 3.61. The van der Waals surface area contributed by atoms with E-state index in [9.17, 15) is 5.26 Å². The molecule has 1 unspecified atom stereocenters. The van der Waals surface area contributed by atoms with E-state index in [0.29, 0.717) is 6.61 Å². The lowest BCUT2D eigenvalue weighted by Gasteiger charge is -2.35. The molecule has 0 spiro atoms. The third-order valence-corrected chi connectivity index (χ3v) is 4.13. The van der Waals surface area contributed by atoms with Crippen LogP contribution in [0.5, 0.6) is 0 Å². The predicted molar refractivity (Wildman–Crippen MR) is 76.9 cm³/mol. The molecule has 0 aromatic rings. The fraction of sp³-hybridized carbons (Fsp3) is 0.917. The van der Waals surface area contributed by atoms with Crippen LogP contribution >= 0.6 is 0 Å². The van der Waals surface area contributed by atoms with Crippen LogP contribution in [0.4, 0.5) is 0 Å². The van der Waals surface area contributed by atoms with Gasteiger partial charge in [-0.3, -0.25) is 0 Å². The fourth-order valence-electron chi connectivity index (χ4n) is 1.19. The topological polar surface area (TPSA) is 42.2 Å². The number of hydrogen-bond donors (Lipinski definition) is 0. The van der Waals surface area contributed by atoms with Gasteiger partial charge in [0, 0.05) is 12.0 Å². The minimum absolute atomic E-state index is 0.255. The minimum atomic E-state index is -1.69. The van der Waals surface area contributed by atoms with E-state index in [2.05, 4.69) is 45.4 Å². The van der Waals surface area contributed by atoms with E-state index >= 15 is 0 Å². The van der Waals surface area contributed by atoms with Crippen LogP contribution < -0.4 is 0 Å². The van der Waals surface area contributed by atoms with E-state index in [0.717, 1.165) is 0 Å². The van der Waals surface area contributed by atoms with Gasteiger partial charge >= 0.3 is 0 Å². The summed E-state index contributed by atoms with van der Waals surface area (Å²) in [4.78, 5) is 0. The molecular weight excluding hydrogens is 246 g/mol. The molecule has 0 aliphatic carbocycles. The molecule has 0 saturated heterocycles. The second-order valence-electron chi connectivity index (χ2n) is 7.13. The first kappa shape index (κ1) is 16.8. The molecule has 100 valence electrons. The van der Waals surface area contributed by atoms with Crippen LogP contribution in [0.2, 0.25) is 39.3 Å². The zero-order valence-electron chi connectivity index (χ0n) is 12.5. The molecule has 0 heterocycles. The molecule has 0 aliphatic heterocycles. The Morgan fingerprint density at radius 2 is 1.53 bits per heavy atom. The van der Waals surface area contributed by atoms with Gasteiger partial charge in [-0.15, -0.1) is 0 Å². The van der Waals surface area contributed by atoms with Crippen LogP contribution in [0.3, 0.4) is 0 Å². The summed E-state index contributed by atoms with van der Waals surface area (Å²) in [7, 11) is -3.23. The highest BCUT2D eigenvalue weighted by Gasteiger charge is 2.35. The Balaban J connectivity index is 4.60. The highest BCUT2D eigenvalue weighted by Crippen LogP contribution is 2.27. The summed E-state index contributed by atoms with van der Waals surface area (Å²) in [5.74, 6) is 0. The van der Waals surface area contributed by atoms with Crippen molar-refractivity contribution in [2.45, 2.75) is 59.2 Å². The van der Waals surface area contributed by atoms with Crippen molar-refractivity contribution >= 4 is 16.6 Å². The van der Waals surface area contributed by atoms with Gasteiger partial charge in [0.2, 0.25) is 0 Å². The van der Waals surface area contributed by atoms with Gasteiger partial charge in [-0.05, 0) is 39.3 Å². The second kappa shape index (κ2) is 5.66. The summed E-state index contributed by atoms with van der Waals surface area (Å²) in [6, 6.07) is 2.28. The zero-order valence-corrected chi connectivity index (χ0v) is 14.5. The Morgan fingerprint density at radius 3 is 1.82 bits per heavy atom. The number of nitrogens with zero attached hydrogens (tertiary/aromatic N) is 1. The average Bonchev–Trinajstić information content (AvgIpc) is 2.08. The Morgan fingerprint density at radius 1 is 1.06 bits per heavy atom. The van der Waals surface area contributed by atoms with Crippen LogP contribution in [-0.4, -0.2) is 29.3 Å². The normalized spacial score (nSPS) is 15.5. The molecule has 0 fully saturated rings. The van der Waals surface area contributed by atoms with Crippen LogP contribution in [0.1, 0.15) is 13.8 Å². The molecule has 0 radical (unpaired) electrons. The van der Waals surface area contributed by atoms with Crippen molar-refractivity contribution in [1.29, 1.82) is 5.26 Å². The van der Waals surface area contributed by atoms with Gasteiger partial charge in [0.1, 0.15) is 6.10 Å². The van der Waals surface area contributed by atoms with Crippen LogP contribution in [-0.2, 0) is 8.85 Å². The van der Waals surface area contributed by atoms with Crippen LogP contribution in [0.25, 0.3) is 0 Å². The third kappa shape index (κ3) is 7.71. The number of hydrogen-bond acceptors (Lipinski definition) is 3. The number of rotatable bonds is 6. The fourth-order valence-corrected chi connectivity index (χ4v) is 3.08. The van der Waals surface area contributed by atoms with E-state index in [1.54, 1.807) is 0 Å². The smallest absolute Gasteiger partial charge is 0.185 e. The first-order valence-electron chi connectivity index (χ1n) is 6.09. The lowest BCUT2D eigenvalue weighted by atomic mass is 9.88. The molecule has 5 heteroatoms. The van der Waals surface area contributed by atoms with Gasteiger partial charge < -0.3 is 8.85 Å². The number of nitriles is 1. The molecular formula is C12H27NO2Si2. The highest BCUT2D eigenvalue weighted by molar-refractivity contribution is 6.70. The van der Waals surface area contributed by atoms with Gasteiger partial charge in [0.05, 0.1) is 6.07 Å². The Bertz CT molecular complexity index is 284. The zero-order chi connectivity index (χ0) is 13.9. The molecule has 0 aromatic heterocycles. The Hall–Kier alpha value is -0.156. The molecule has 0 aliphatic rings. The average molecular weight is 274 g/mol. The summed E-state index contributed by atoms with van der Waals surface area (Å²) in [5.41, 5.74) is -0.255. The molecule has 3 nitrogen and oxygen atoms in total. The van der Waals surface area contributed by atoms with Gasteiger partial charge in [-0.2, -0.15) is 5.26 Å². The molecule has 0 bridgehead atoms. The van der Waals surface area contributed by atoms with Gasteiger partial charge in [-0.25, -0.2) is 0 Å². The Labute approximate surface area is 108 Å². The Kier molecular flexibility index (Phi) is 5.60. The first-order chi connectivity index (χ1) is 7.37. The highest BCUT2D eigenvalue weighted by atomic mass is 28.4. The summed E-state index contributed by atoms with van der Waals surface area (Å²) in [6.07, 6.45) is -0.384. The quantitative estimate of drug-likeness (QED) is 0.694. The third-order valence-electron chi connectivity index (χ3n) is 2.18. The largest absolute Gasteiger partial charge is 0.417 e. The van der Waals surface area contributed by atoms with Crippen LogP contribution in [0.15, 0.2) is 0 Å². The van der Waals surface area contributed by atoms with E-state index in [1.165, 1.54) is 0 Å². The monoisotopic (exact) mass is 273 g/mol. The molecule has 1 atom stereocenters. The van der Waals surface area contributed by atoms with Crippen molar-refractivity contribution in [3.8, 4) is 6.07 Å². The van der Waals surface area contributed by atoms with Gasteiger partial charge in [0.15, 0.2) is 16.6 Å². The van der Waals surface area contributed by atoms with E-state index in [4.69, 9.17) is 8.85 Å². The maximum atomic E-state index is 9.26. The minimum Gasteiger partial charge on any atom is -0.417 e. The maximum absolute atomic E-state index is 9.26. The molecule has 17 heavy (non-hydrogen) atoms. The van der Waals surface area contributed by atoms with Crippen molar-refractivity contribution in [3.63, 3.8) is 0 Å². The van der Waals surface area contributed by atoms with Crippen molar-refractivity contribution in [2.75, 3.05) is 6.61 Å². The van der Waals surface area contributed by atoms with Crippen molar-refractivity contribution in [1.82, 2.24) is 0 Å². The van der Waals surface area contributed by atoms with Gasteiger partial charge in [0.25, 0.3) is 0 Å². The molecule has 0 amide bonds.